The molecule has 2 bridgehead atoms. The molecule has 2 rings (SSSR count). The zero-order valence-electron chi connectivity index (χ0n) is 10.1. The summed E-state index contributed by atoms with van der Waals surface area (Å²) in [5.41, 5.74) is 0. The fourth-order valence-electron chi connectivity index (χ4n) is 3.12. The van der Waals surface area contributed by atoms with Crippen LogP contribution in [0.1, 0.15) is 33.1 Å². The second-order valence-corrected chi connectivity index (χ2v) is 7.75. The number of allylic oxidation sites excluding steroid dienone is 2. The van der Waals surface area contributed by atoms with Crippen molar-refractivity contribution in [1.82, 2.24) is 0 Å². The monoisotopic (exact) mass is 226 g/mol. The van der Waals surface area contributed by atoms with Gasteiger partial charge < -0.3 is 8.85 Å². The molecule has 2 nitrogen and oxygen atoms in total. The van der Waals surface area contributed by atoms with Gasteiger partial charge in [0, 0.05) is 13.2 Å². The van der Waals surface area contributed by atoms with Gasteiger partial charge in [-0.1, -0.05) is 6.08 Å². The quantitative estimate of drug-likeness (QED) is 0.671. The van der Waals surface area contributed by atoms with E-state index < -0.39 is 8.56 Å². The molecular weight excluding hydrogens is 204 g/mol. The molecule has 2 unspecified atom stereocenters. The van der Waals surface area contributed by atoms with Crippen molar-refractivity contribution in [3.8, 4) is 0 Å². The van der Waals surface area contributed by atoms with Gasteiger partial charge in [-0.2, -0.15) is 0 Å². The predicted molar refractivity (Wildman–Crippen MR) is 63.8 cm³/mol. The van der Waals surface area contributed by atoms with Gasteiger partial charge in [0.2, 0.25) is 0 Å². The van der Waals surface area contributed by atoms with Crippen LogP contribution in [-0.4, -0.2) is 21.8 Å². The highest BCUT2D eigenvalue weighted by Gasteiger charge is 2.46. The highest BCUT2D eigenvalue weighted by molar-refractivity contribution is 6.74. The fraction of sp³-hybridized carbons (Fsp3) is 0.833. The zero-order valence-corrected chi connectivity index (χ0v) is 11.1. The summed E-state index contributed by atoms with van der Waals surface area (Å²) in [6.45, 7) is 7.90. The van der Waals surface area contributed by atoms with Crippen molar-refractivity contribution in [3.05, 3.63) is 11.3 Å². The molecule has 0 aromatic heterocycles. The SMILES string of the molecule is CCO[Si](C)(OCC)C1=CC2CCC1C2. The van der Waals surface area contributed by atoms with E-state index in [1.54, 1.807) is 5.20 Å². The summed E-state index contributed by atoms with van der Waals surface area (Å²) in [4.78, 5) is 0. The van der Waals surface area contributed by atoms with Gasteiger partial charge in [0.15, 0.2) is 0 Å². The lowest BCUT2D eigenvalue weighted by Crippen LogP contribution is -2.43. The third-order valence-electron chi connectivity index (χ3n) is 3.69. The smallest absolute Gasteiger partial charge is 0.365 e. The number of hydrogen-bond donors (Lipinski definition) is 0. The van der Waals surface area contributed by atoms with Crippen LogP contribution in [-0.2, 0) is 8.85 Å². The van der Waals surface area contributed by atoms with E-state index in [2.05, 4.69) is 26.5 Å². The highest BCUT2D eigenvalue weighted by atomic mass is 28.4. The van der Waals surface area contributed by atoms with Crippen molar-refractivity contribution in [2.24, 2.45) is 11.8 Å². The molecule has 0 N–H and O–H groups in total. The minimum atomic E-state index is -2.01. The van der Waals surface area contributed by atoms with Gasteiger partial charge in [-0.3, -0.25) is 0 Å². The molecule has 3 heteroatoms. The normalized spacial score (nSPS) is 29.7. The van der Waals surface area contributed by atoms with Crippen molar-refractivity contribution in [2.45, 2.75) is 39.7 Å². The van der Waals surface area contributed by atoms with Gasteiger partial charge >= 0.3 is 8.56 Å². The molecule has 0 saturated heterocycles. The molecule has 0 amide bonds. The average Bonchev–Trinajstić information content (AvgIpc) is 2.79. The van der Waals surface area contributed by atoms with E-state index in [0.717, 1.165) is 25.0 Å². The predicted octanol–water partition coefficient (Wildman–Crippen LogP) is 3.03. The second kappa shape index (κ2) is 4.40. The number of rotatable bonds is 5. The lowest BCUT2D eigenvalue weighted by atomic mass is 10.1. The van der Waals surface area contributed by atoms with Crippen LogP contribution in [0.3, 0.4) is 0 Å². The Hall–Kier alpha value is -0.123. The van der Waals surface area contributed by atoms with Crippen molar-refractivity contribution >= 4 is 8.56 Å². The molecule has 1 saturated carbocycles. The molecule has 15 heavy (non-hydrogen) atoms. The van der Waals surface area contributed by atoms with Crippen LogP contribution >= 0.6 is 0 Å². The first kappa shape index (κ1) is 11.4. The summed E-state index contributed by atoms with van der Waals surface area (Å²) >= 11 is 0. The third kappa shape index (κ3) is 2.05. The minimum absolute atomic E-state index is 0.775. The van der Waals surface area contributed by atoms with Crippen LogP contribution in [0.5, 0.6) is 0 Å². The van der Waals surface area contributed by atoms with Crippen LogP contribution in [0.15, 0.2) is 11.3 Å². The molecule has 2 aliphatic rings. The molecule has 0 spiro atoms. The Morgan fingerprint density at radius 1 is 1.27 bits per heavy atom. The Labute approximate surface area is 93.9 Å². The van der Waals surface area contributed by atoms with Gasteiger partial charge in [-0.25, -0.2) is 0 Å². The maximum Gasteiger partial charge on any atom is 0.365 e. The first-order valence-corrected chi connectivity index (χ1v) is 8.51. The summed E-state index contributed by atoms with van der Waals surface area (Å²) < 4.78 is 11.9. The standard InChI is InChI=1S/C12H22O2Si/c1-4-13-15(3,14-5-2)12-9-10-6-7-11(12)8-10/h9-11H,4-8H2,1-3H3. The topological polar surface area (TPSA) is 18.5 Å². The Bertz CT molecular complexity index is 256. The first-order chi connectivity index (χ1) is 7.19. The second-order valence-electron chi connectivity index (χ2n) is 4.70. The molecule has 0 radical (unpaired) electrons. The summed E-state index contributed by atoms with van der Waals surface area (Å²) in [6.07, 6.45) is 6.57. The first-order valence-electron chi connectivity index (χ1n) is 6.19. The summed E-state index contributed by atoms with van der Waals surface area (Å²) in [5.74, 6) is 1.61. The lowest BCUT2D eigenvalue weighted by Gasteiger charge is -2.31. The molecule has 86 valence electrons. The number of hydrogen-bond acceptors (Lipinski definition) is 2. The fourth-order valence-corrected chi connectivity index (χ4v) is 6.18. The van der Waals surface area contributed by atoms with E-state index >= 15 is 0 Å². The van der Waals surface area contributed by atoms with E-state index in [4.69, 9.17) is 8.85 Å². The Kier molecular flexibility index (Phi) is 3.33. The highest BCUT2D eigenvalue weighted by Crippen LogP contribution is 2.47. The lowest BCUT2D eigenvalue weighted by molar-refractivity contribution is 0.194. The van der Waals surface area contributed by atoms with E-state index in [-0.39, 0.29) is 0 Å². The maximum atomic E-state index is 5.95. The molecule has 0 heterocycles. The molecule has 2 aliphatic carbocycles. The molecule has 1 fully saturated rings. The Morgan fingerprint density at radius 2 is 1.93 bits per heavy atom. The Morgan fingerprint density at radius 3 is 2.33 bits per heavy atom. The summed E-state index contributed by atoms with van der Waals surface area (Å²) in [5, 5.41) is 1.54. The van der Waals surface area contributed by atoms with Crippen LogP contribution < -0.4 is 0 Å². The molecule has 2 atom stereocenters. The van der Waals surface area contributed by atoms with E-state index in [9.17, 15) is 0 Å². The van der Waals surface area contributed by atoms with E-state index in [1.165, 1.54) is 19.3 Å². The van der Waals surface area contributed by atoms with E-state index in [1.807, 2.05) is 0 Å². The third-order valence-corrected chi connectivity index (χ3v) is 6.99. The van der Waals surface area contributed by atoms with Crippen molar-refractivity contribution < 1.29 is 8.85 Å². The Balaban J connectivity index is 2.14. The molecule has 0 aliphatic heterocycles. The zero-order chi connectivity index (χ0) is 10.9. The van der Waals surface area contributed by atoms with Crippen LogP contribution in [0, 0.1) is 11.8 Å². The van der Waals surface area contributed by atoms with Crippen LogP contribution in [0.4, 0.5) is 0 Å². The van der Waals surface area contributed by atoms with Gasteiger partial charge in [-0.15, -0.1) is 0 Å². The van der Waals surface area contributed by atoms with E-state index in [0.29, 0.717) is 0 Å². The van der Waals surface area contributed by atoms with Crippen LogP contribution in [0.25, 0.3) is 0 Å². The van der Waals surface area contributed by atoms with Gasteiger partial charge in [0.05, 0.1) is 0 Å². The summed E-state index contributed by atoms with van der Waals surface area (Å²) in [6, 6.07) is 0. The minimum Gasteiger partial charge on any atom is -0.392 e. The largest absolute Gasteiger partial charge is 0.392 e. The molecule has 0 aromatic carbocycles. The van der Waals surface area contributed by atoms with Crippen molar-refractivity contribution in [3.63, 3.8) is 0 Å². The van der Waals surface area contributed by atoms with Gasteiger partial charge in [0.25, 0.3) is 0 Å². The number of fused-ring (bicyclic) bond motifs is 2. The average molecular weight is 226 g/mol. The molecular formula is C12H22O2Si. The van der Waals surface area contributed by atoms with Crippen molar-refractivity contribution in [2.75, 3.05) is 13.2 Å². The van der Waals surface area contributed by atoms with Gasteiger partial charge in [0.1, 0.15) is 0 Å². The van der Waals surface area contributed by atoms with Crippen molar-refractivity contribution in [1.29, 1.82) is 0 Å². The van der Waals surface area contributed by atoms with Crippen LogP contribution in [0.2, 0.25) is 6.55 Å². The molecule has 0 aromatic rings. The maximum absolute atomic E-state index is 5.95. The van der Waals surface area contributed by atoms with Gasteiger partial charge in [-0.05, 0) is 56.7 Å². The summed E-state index contributed by atoms with van der Waals surface area (Å²) in [7, 11) is -2.01.